The third-order valence-electron chi connectivity index (χ3n) is 5.33. The van der Waals surface area contributed by atoms with Crippen LogP contribution < -0.4 is 25.4 Å². The number of ether oxygens (including phenoxy) is 2. The lowest BCUT2D eigenvalue weighted by molar-refractivity contribution is -0.127. The van der Waals surface area contributed by atoms with Crippen LogP contribution in [-0.4, -0.2) is 48.9 Å². The molecule has 1 saturated heterocycles. The number of carbonyl (C=O) groups excluding carboxylic acids is 4. The normalized spacial score (nSPS) is 13.7. The average Bonchev–Trinajstić information content (AvgIpc) is 3.16. The summed E-state index contributed by atoms with van der Waals surface area (Å²) in [5.74, 6) is -0.875. The molecule has 11 heteroatoms. The SMILES string of the molecule is COc1ccccc1NC(=O)CN1C(=O)N/C(=C/c2ccc(OCC(=O)Nc3ccccc3)c(Cl)c2)C1=O. The summed E-state index contributed by atoms with van der Waals surface area (Å²) in [6, 6.07) is 19.7. The molecule has 3 N–H and O–H groups in total. The number of nitrogens with zero attached hydrogens (tertiary/aromatic N) is 1. The van der Waals surface area contributed by atoms with Gasteiger partial charge in [0.05, 0.1) is 17.8 Å². The molecule has 38 heavy (non-hydrogen) atoms. The van der Waals surface area contributed by atoms with E-state index in [0.29, 0.717) is 22.7 Å². The first-order valence-corrected chi connectivity index (χ1v) is 11.8. The Kier molecular flexibility index (Phi) is 8.24. The zero-order valence-corrected chi connectivity index (χ0v) is 21.0. The Bertz CT molecular complexity index is 1410. The van der Waals surface area contributed by atoms with E-state index in [1.807, 2.05) is 6.07 Å². The van der Waals surface area contributed by atoms with Crippen LogP contribution in [0.1, 0.15) is 5.56 Å². The van der Waals surface area contributed by atoms with Gasteiger partial charge in [0.2, 0.25) is 5.91 Å². The number of carbonyl (C=O) groups is 4. The van der Waals surface area contributed by atoms with Gasteiger partial charge in [0.25, 0.3) is 11.8 Å². The molecule has 0 atom stereocenters. The van der Waals surface area contributed by atoms with Crippen molar-refractivity contribution in [3.05, 3.63) is 89.1 Å². The van der Waals surface area contributed by atoms with Gasteiger partial charge in [-0.25, -0.2) is 9.69 Å². The maximum absolute atomic E-state index is 12.8. The van der Waals surface area contributed by atoms with E-state index in [1.165, 1.54) is 19.3 Å². The minimum Gasteiger partial charge on any atom is -0.495 e. The second kappa shape index (κ2) is 11.9. The molecule has 0 unspecified atom stereocenters. The number of methoxy groups -OCH3 is 1. The van der Waals surface area contributed by atoms with Crippen LogP contribution in [0, 0.1) is 0 Å². The molecule has 10 nitrogen and oxygen atoms in total. The summed E-state index contributed by atoms with van der Waals surface area (Å²) >= 11 is 6.29. The molecule has 0 radical (unpaired) electrons. The molecule has 1 aliphatic rings. The second-order valence-electron chi connectivity index (χ2n) is 8.02. The van der Waals surface area contributed by atoms with Crippen molar-refractivity contribution in [1.82, 2.24) is 10.2 Å². The number of benzene rings is 3. The van der Waals surface area contributed by atoms with Crippen LogP contribution in [-0.2, 0) is 14.4 Å². The average molecular weight is 535 g/mol. The second-order valence-corrected chi connectivity index (χ2v) is 8.43. The molecule has 1 heterocycles. The Balaban J connectivity index is 1.36. The van der Waals surface area contributed by atoms with Gasteiger partial charge in [-0.15, -0.1) is 0 Å². The van der Waals surface area contributed by atoms with Crippen molar-refractivity contribution in [2.75, 3.05) is 30.9 Å². The third kappa shape index (κ3) is 6.48. The molecule has 3 aromatic carbocycles. The largest absolute Gasteiger partial charge is 0.495 e. The van der Waals surface area contributed by atoms with Crippen molar-refractivity contribution in [2.24, 2.45) is 0 Å². The van der Waals surface area contributed by atoms with Crippen molar-refractivity contribution < 1.29 is 28.7 Å². The van der Waals surface area contributed by atoms with Crippen LogP contribution in [0.2, 0.25) is 5.02 Å². The highest BCUT2D eigenvalue weighted by Gasteiger charge is 2.35. The number of hydrogen-bond donors (Lipinski definition) is 3. The van der Waals surface area contributed by atoms with Gasteiger partial charge in [-0.05, 0) is 48.0 Å². The molecule has 0 spiro atoms. The van der Waals surface area contributed by atoms with Gasteiger partial charge in [-0.3, -0.25) is 14.4 Å². The van der Waals surface area contributed by atoms with E-state index < -0.39 is 24.4 Å². The molecule has 1 aliphatic heterocycles. The van der Waals surface area contributed by atoms with Crippen molar-refractivity contribution in [3.63, 3.8) is 0 Å². The topological polar surface area (TPSA) is 126 Å². The lowest BCUT2D eigenvalue weighted by Crippen LogP contribution is -2.38. The summed E-state index contributed by atoms with van der Waals surface area (Å²) in [6.45, 7) is -0.742. The maximum Gasteiger partial charge on any atom is 0.329 e. The number of para-hydroxylation sites is 3. The maximum atomic E-state index is 12.8. The number of anilines is 2. The van der Waals surface area contributed by atoms with Gasteiger partial charge in [0, 0.05) is 5.69 Å². The van der Waals surface area contributed by atoms with Crippen molar-refractivity contribution in [1.29, 1.82) is 0 Å². The van der Waals surface area contributed by atoms with E-state index in [0.717, 1.165) is 4.90 Å². The van der Waals surface area contributed by atoms with E-state index in [2.05, 4.69) is 16.0 Å². The van der Waals surface area contributed by atoms with Gasteiger partial charge in [0.15, 0.2) is 6.61 Å². The number of urea groups is 1. The van der Waals surface area contributed by atoms with Crippen molar-refractivity contribution >= 4 is 52.8 Å². The highest BCUT2D eigenvalue weighted by molar-refractivity contribution is 6.32. The fourth-order valence-electron chi connectivity index (χ4n) is 3.55. The minimum absolute atomic E-state index is 0.0212. The molecule has 4 rings (SSSR count). The standard InChI is InChI=1S/C27H23ClN4O6/c1-37-23-10-6-5-9-20(23)30-24(33)15-32-26(35)21(31-27(32)36)14-17-11-12-22(19(28)13-17)38-16-25(34)29-18-7-3-2-4-8-18/h2-14H,15-16H2,1H3,(H,29,34)(H,30,33)(H,31,36)/b21-14+. The van der Waals surface area contributed by atoms with E-state index in [4.69, 9.17) is 21.1 Å². The lowest BCUT2D eigenvalue weighted by Gasteiger charge is -2.13. The zero-order chi connectivity index (χ0) is 27.1. The number of imide groups is 1. The van der Waals surface area contributed by atoms with E-state index in [-0.39, 0.29) is 29.0 Å². The number of amides is 5. The Morgan fingerprint density at radius 2 is 1.68 bits per heavy atom. The van der Waals surface area contributed by atoms with Gasteiger partial charge >= 0.3 is 6.03 Å². The van der Waals surface area contributed by atoms with Crippen LogP contribution in [0.25, 0.3) is 6.08 Å². The predicted octanol–water partition coefficient (Wildman–Crippen LogP) is 3.90. The molecule has 3 aromatic rings. The summed E-state index contributed by atoms with van der Waals surface area (Å²) in [4.78, 5) is 50.5. The first-order chi connectivity index (χ1) is 18.3. The number of nitrogens with one attached hydrogen (secondary N) is 3. The van der Waals surface area contributed by atoms with E-state index >= 15 is 0 Å². The van der Waals surface area contributed by atoms with E-state index in [1.54, 1.807) is 60.7 Å². The molecule has 5 amide bonds. The molecular weight excluding hydrogens is 512 g/mol. The number of hydrogen-bond acceptors (Lipinski definition) is 6. The Labute approximate surface area is 223 Å². The molecule has 1 fully saturated rings. The first kappa shape index (κ1) is 26.2. The predicted molar refractivity (Wildman–Crippen MR) is 142 cm³/mol. The first-order valence-electron chi connectivity index (χ1n) is 11.4. The van der Waals surface area contributed by atoms with Gasteiger partial charge in [-0.1, -0.05) is 48.0 Å². The molecule has 0 aromatic heterocycles. The smallest absolute Gasteiger partial charge is 0.329 e. The van der Waals surface area contributed by atoms with E-state index in [9.17, 15) is 19.2 Å². The molecule has 0 aliphatic carbocycles. The highest BCUT2D eigenvalue weighted by Crippen LogP contribution is 2.27. The Morgan fingerprint density at radius 1 is 0.947 bits per heavy atom. The van der Waals surface area contributed by atoms with Crippen molar-refractivity contribution in [2.45, 2.75) is 0 Å². The quantitative estimate of drug-likeness (QED) is 0.282. The van der Waals surface area contributed by atoms with Gasteiger partial charge in [0.1, 0.15) is 23.7 Å². The van der Waals surface area contributed by atoms with Crippen LogP contribution >= 0.6 is 11.6 Å². The van der Waals surface area contributed by atoms with Crippen LogP contribution in [0.3, 0.4) is 0 Å². The fourth-order valence-corrected chi connectivity index (χ4v) is 3.79. The Hall–Kier alpha value is -4.83. The van der Waals surface area contributed by atoms with Gasteiger partial charge in [-0.2, -0.15) is 0 Å². The van der Waals surface area contributed by atoms with Gasteiger partial charge < -0.3 is 25.4 Å². The minimum atomic E-state index is -0.730. The fraction of sp³-hybridized carbons (Fsp3) is 0.111. The van der Waals surface area contributed by atoms with Crippen LogP contribution in [0.4, 0.5) is 16.2 Å². The third-order valence-corrected chi connectivity index (χ3v) is 5.62. The lowest BCUT2D eigenvalue weighted by atomic mass is 10.2. The van der Waals surface area contributed by atoms with Crippen LogP contribution in [0.15, 0.2) is 78.5 Å². The zero-order valence-electron chi connectivity index (χ0n) is 20.2. The van der Waals surface area contributed by atoms with Crippen LogP contribution in [0.5, 0.6) is 11.5 Å². The summed E-state index contributed by atoms with van der Waals surface area (Å²) in [5, 5.41) is 7.99. The molecule has 0 saturated carbocycles. The molecular formula is C27H23ClN4O6. The number of halogens is 1. The molecule has 194 valence electrons. The molecule has 0 bridgehead atoms. The Morgan fingerprint density at radius 3 is 2.42 bits per heavy atom. The monoisotopic (exact) mass is 534 g/mol. The summed E-state index contributed by atoms with van der Waals surface area (Å²) in [5.41, 5.74) is 1.54. The summed E-state index contributed by atoms with van der Waals surface area (Å²) in [6.07, 6.45) is 1.43. The summed E-state index contributed by atoms with van der Waals surface area (Å²) in [7, 11) is 1.47. The summed E-state index contributed by atoms with van der Waals surface area (Å²) < 4.78 is 10.7. The van der Waals surface area contributed by atoms with Crippen molar-refractivity contribution in [3.8, 4) is 11.5 Å². The number of rotatable bonds is 9. The highest BCUT2D eigenvalue weighted by atomic mass is 35.5.